The van der Waals surface area contributed by atoms with Crippen LogP contribution in [0.25, 0.3) is 0 Å². The Morgan fingerprint density at radius 3 is 2.44 bits per heavy atom. The van der Waals surface area contributed by atoms with Gasteiger partial charge in [0.1, 0.15) is 0 Å². The maximum atomic E-state index is 5.52. The zero-order valence-corrected chi connectivity index (χ0v) is 9.11. The highest BCUT2D eigenvalue weighted by Crippen LogP contribution is 1.99. The van der Waals surface area contributed by atoms with Crippen molar-refractivity contribution in [2.75, 3.05) is 5.88 Å². The first kappa shape index (κ1) is 9.47. The summed E-state index contributed by atoms with van der Waals surface area (Å²) < 4.78 is 5.47. The summed E-state index contributed by atoms with van der Waals surface area (Å²) in [5.41, 5.74) is 0.447. The van der Waals surface area contributed by atoms with Crippen molar-refractivity contribution in [1.29, 1.82) is 0 Å². The van der Waals surface area contributed by atoms with Crippen molar-refractivity contribution in [1.82, 2.24) is 0 Å². The molecule has 56 valence electrons. The van der Waals surface area contributed by atoms with Crippen LogP contribution in [0.3, 0.4) is 0 Å². The molecule has 0 radical (unpaired) electrons. The fraction of sp³-hybridized carbons (Fsp3) is 1.00. The first-order valence-electron chi connectivity index (χ1n) is 3.38. The van der Waals surface area contributed by atoms with Crippen molar-refractivity contribution in [2.24, 2.45) is 0 Å². The molecule has 0 N–H and O–H groups in total. The second-order valence-electron chi connectivity index (χ2n) is 2.47. The largest absolute Gasteiger partial charge is 0.380 e. The molecule has 0 aromatic rings. The third-order valence-corrected chi connectivity index (χ3v) is 2.09. The SMILES string of the molecule is CC(C)OC([SiH3])CCCl. The molecule has 0 aliphatic rings. The number of hydrogen-bond acceptors (Lipinski definition) is 1. The van der Waals surface area contributed by atoms with Gasteiger partial charge in [-0.05, 0) is 20.3 Å². The van der Waals surface area contributed by atoms with Gasteiger partial charge in [-0.1, -0.05) is 0 Å². The zero-order valence-electron chi connectivity index (χ0n) is 6.36. The Morgan fingerprint density at radius 1 is 1.56 bits per heavy atom. The normalized spacial score (nSPS) is 14.7. The van der Waals surface area contributed by atoms with E-state index in [4.69, 9.17) is 16.3 Å². The summed E-state index contributed by atoms with van der Waals surface area (Å²) in [4.78, 5) is 0. The smallest absolute Gasteiger partial charge is 0.0517 e. The monoisotopic (exact) mass is 166 g/mol. The zero-order chi connectivity index (χ0) is 7.28. The van der Waals surface area contributed by atoms with Crippen LogP contribution in [0.15, 0.2) is 0 Å². The van der Waals surface area contributed by atoms with E-state index in [1.54, 1.807) is 0 Å². The summed E-state index contributed by atoms with van der Waals surface area (Å²) >= 11 is 5.52. The topological polar surface area (TPSA) is 9.23 Å². The fourth-order valence-electron chi connectivity index (χ4n) is 0.686. The Labute approximate surface area is 65.2 Å². The predicted octanol–water partition coefficient (Wildman–Crippen LogP) is 0.732. The Morgan fingerprint density at radius 2 is 2.11 bits per heavy atom. The molecule has 0 fully saturated rings. The van der Waals surface area contributed by atoms with E-state index in [1.165, 1.54) is 0 Å². The van der Waals surface area contributed by atoms with Gasteiger partial charge in [-0.3, -0.25) is 0 Å². The van der Waals surface area contributed by atoms with Gasteiger partial charge in [-0.15, -0.1) is 11.6 Å². The number of ether oxygens (including phenoxy) is 1. The van der Waals surface area contributed by atoms with Crippen LogP contribution in [0.1, 0.15) is 20.3 Å². The predicted molar refractivity (Wildman–Crippen MR) is 45.3 cm³/mol. The molecule has 0 saturated heterocycles. The first-order chi connectivity index (χ1) is 4.16. The molecular formula is C6H15ClOSi. The number of halogens is 1. The fourth-order valence-corrected chi connectivity index (χ4v) is 2.19. The van der Waals surface area contributed by atoms with Crippen LogP contribution in [0.2, 0.25) is 0 Å². The van der Waals surface area contributed by atoms with Crippen LogP contribution < -0.4 is 0 Å². The van der Waals surface area contributed by atoms with Gasteiger partial charge >= 0.3 is 0 Å². The van der Waals surface area contributed by atoms with Crippen molar-refractivity contribution >= 4 is 21.8 Å². The van der Waals surface area contributed by atoms with E-state index in [1.807, 2.05) is 0 Å². The van der Waals surface area contributed by atoms with Crippen LogP contribution in [0.5, 0.6) is 0 Å². The quantitative estimate of drug-likeness (QED) is 0.442. The van der Waals surface area contributed by atoms with Gasteiger partial charge in [0, 0.05) is 21.8 Å². The van der Waals surface area contributed by atoms with E-state index in [-0.39, 0.29) is 0 Å². The van der Waals surface area contributed by atoms with Gasteiger partial charge in [-0.25, -0.2) is 0 Å². The average molecular weight is 167 g/mol. The molecule has 0 aromatic heterocycles. The highest BCUT2D eigenvalue weighted by molar-refractivity contribution is 6.18. The molecule has 3 heteroatoms. The lowest BCUT2D eigenvalue weighted by molar-refractivity contribution is 0.0532. The van der Waals surface area contributed by atoms with Crippen LogP contribution in [-0.2, 0) is 4.74 Å². The van der Waals surface area contributed by atoms with Crippen molar-refractivity contribution in [3.05, 3.63) is 0 Å². The number of hydrogen-bond donors (Lipinski definition) is 0. The number of alkyl halides is 1. The minimum Gasteiger partial charge on any atom is -0.380 e. The summed E-state index contributed by atoms with van der Waals surface area (Å²) in [6.07, 6.45) is 1.36. The van der Waals surface area contributed by atoms with Crippen molar-refractivity contribution in [3.63, 3.8) is 0 Å². The molecule has 0 amide bonds. The molecular weight excluding hydrogens is 152 g/mol. The molecule has 1 unspecified atom stereocenters. The van der Waals surface area contributed by atoms with E-state index in [0.29, 0.717) is 11.8 Å². The van der Waals surface area contributed by atoms with Gasteiger partial charge in [0.2, 0.25) is 0 Å². The minimum absolute atomic E-state index is 0.357. The van der Waals surface area contributed by atoms with Crippen molar-refractivity contribution in [2.45, 2.75) is 32.1 Å². The van der Waals surface area contributed by atoms with Crippen LogP contribution in [-0.4, -0.2) is 28.0 Å². The summed E-state index contributed by atoms with van der Waals surface area (Å²) in [7, 11) is 1.09. The van der Waals surface area contributed by atoms with Crippen molar-refractivity contribution in [3.8, 4) is 0 Å². The Balaban J connectivity index is 3.15. The molecule has 0 spiro atoms. The Bertz CT molecular complexity index is 68.1. The molecule has 1 atom stereocenters. The summed E-state index contributed by atoms with van der Waals surface area (Å²) in [6.45, 7) is 4.11. The van der Waals surface area contributed by atoms with E-state index in [2.05, 4.69) is 13.8 Å². The van der Waals surface area contributed by atoms with Gasteiger partial charge in [0.05, 0.1) is 6.10 Å². The highest BCUT2D eigenvalue weighted by atomic mass is 35.5. The van der Waals surface area contributed by atoms with E-state index >= 15 is 0 Å². The molecule has 0 rings (SSSR count). The number of rotatable bonds is 4. The Kier molecular flexibility index (Phi) is 5.54. The van der Waals surface area contributed by atoms with Crippen LogP contribution in [0.4, 0.5) is 0 Å². The molecule has 0 aliphatic carbocycles. The molecule has 1 nitrogen and oxygen atoms in total. The van der Waals surface area contributed by atoms with Crippen molar-refractivity contribution < 1.29 is 4.74 Å². The Hall–Kier alpha value is 0.467. The van der Waals surface area contributed by atoms with Crippen LogP contribution >= 0.6 is 11.6 Å². The van der Waals surface area contributed by atoms with Gasteiger partial charge in [-0.2, -0.15) is 0 Å². The van der Waals surface area contributed by atoms with E-state index < -0.39 is 0 Å². The minimum atomic E-state index is 0.357. The van der Waals surface area contributed by atoms with E-state index in [0.717, 1.165) is 22.5 Å². The van der Waals surface area contributed by atoms with Crippen LogP contribution in [0, 0.1) is 0 Å². The van der Waals surface area contributed by atoms with E-state index in [9.17, 15) is 0 Å². The third kappa shape index (κ3) is 6.35. The first-order valence-corrected chi connectivity index (χ1v) is 5.07. The lowest BCUT2D eigenvalue weighted by Crippen LogP contribution is -2.18. The summed E-state index contributed by atoms with van der Waals surface area (Å²) in [5, 5.41) is 0. The summed E-state index contributed by atoms with van der Waals surface area (Å²) in [5.74, 6) is 0.723. The second-order valence-corrected chi connectivity index (χ2v) is 4.14. The second kappa shape index (κ2) is 5.27. The van der Waals surface area contributed by atoms with Gasteiger partial charge < -0.3 is 4.74 Å². The molecule has 0 aliphatic heterocycles. The third-order valence-electron chi connectivity index (χ3n) is 1.02. The molecule has 0 aromatic carbocycles. The average Bonchev–Trinajstić information content (AvgIpc) is 1.63. The molecule has 0 heterocycles. The standard InChI is InChI=1S/C6H15ClOSi/c1-5(2)8-6(9)3-4-7/h5-6H,3-4H2,1-2,9H3. The molecule has 0 saturated carbocycles. The lowest BCUT2D eigenvalue weighted by Gasteiger charge is -2.13. The maximum absolute atomic E-state index is 5.52. The van der Waals surface area contributed by atoms with Gasteiger partial charge in [0.15, 0.2) is 0 Å². The summed E-state index contributed by atoms with van der Waals surface area (Å²) in [6, 6.07) is 0. The highest BCUT2D eigenvalue weighted by Gasteiger charge is 2.01. The molecule has 9 heavy (non-hydrogen) atoms. The molecule has 0 bridgehead atoms. The lowest BCUT2D eigenvalue weighted by atomic mass is 10.4. The maximum Gasteiger partial charge on any atom is 0.0517 e. The van der Waals surface area contributed by atoms with Gasteiger partial charge in [0.25, 0.3) is 0 Å².